The first-order chi connectivity index (χ1) is 25.0. The van der Waals surface area contributed by atoms with Crippen molar-refractivity contribution in [2.75, 3.05) is 33.2 Å². The average molecular weight is 774 g/mol. The molecule has 4 bridgehead atoms. The molecule has 2 N–H and O–H groups in total. The number of alkyl carbamates (subject to hydrolysis) is 1. The maximum Gasteiger partial charge on any atom is 0.409 e. The number of methoxy groups -OCH3 is 2. The number of allylic oxidation sites excluding steroid dienone is 3. The molecule has 1 aromatic carbocycles. The van der Waals surface area contributed by atoms with Crippen molar-refractivity contribution >= 4 is 42.2 Å². The fraction of sp³-hybridized carbons (Fsp3) is 0.650. The Labute approximate surface area is 325 Å². The number of rotatable bonds is 8. The second-order valence-electron chi connectivity index (χ2n) is 16.4. The van der Waals surface area contributed by atoms with Gasteiger partial charge in [0.1, 0.15) is 35.7 Å². The van der Waals surface area contributed by atoms with Gasteiger partial charge < -0.3 is 38.6 Å². The highest BCUT2D eigenvalue weighted by Gasteiger charge is 2.68. The molecular weight excluding hydrogens is 715 g/mol. The number of fused-ring (bicyclic) bond motifs is 5. The number of ether oxygens (including phenoxy) is 5. The van der Waals surface area contributed by atoms with Gasteiger partial charge in [-0.05, 0) is 58.2 Å². The number of nitrogens with one attached hydrogen (secondary N) is 1. The number of carbonyl (C=O) groups excluding carboxylic acids is 4. The van der Waals surface area contributed by atoms with E-state index in [0.29, 0.717) is 24.3 Å². The van der Waals surface area contributed by atoms with Crippen LogP contribution in [0.1, 0.15) is 85.3 Å². The Hall–Kier alpha value is -3.59. The highest BCUT2D eigenvalue weighted by Crippen LogP contribution is 2.54. The van der Waals surface area contributed by atoms with Crippen molar-refractivity contribution in [2.24, 2.45) is 5.41 Å². The number of thiol groups is 1. The lowest BCUT2D eigenvalue weighted by Crippen LogP contribution is -2.65. The molecule has 2 fully saturated rings. The molecule has 3 amide bonds. The second-order valence-corrected chi connectivity index (χ2v) is 17.6. The van der Waals surface area contributed by atoms with Gasteiger partial charge in [-0.3, -0.25) is 14.9 Å². The zero-order valence-corrected chi connectivity index (χ0v) is 34.7. The van der Waals surface area contributed by atoms with Gasteiger partial charge in [0, 0.05) is 49.8 Å². The van der Waals surface area contributed by atoms with Crippen LogP contribution in [0, 0.1) is 12.3 Å². The number of epoxide rings is 1. The molecule has 7 unspecified atom stereocenters. The first-order valence-electron chi connectivity index (χ1n) is 18.4. The molecule has 13 nitrogen and oxygen atoms in total. The fourth-order valence-electron chi connectivity index (χ4n) is 7.36. The Balaban J connectivity index is 1.78. The quantitative estimate of drug-likeness (QED) is 0.186. The van der Waals surface area contributed by atoms with E-state index in [-0.39, 0.29) is 35.8 Å². The first-order valence-corrected chi connectivity index (χ1v) is 18.8. The summed E-state index contributed by atoms with van der Waals surface area (Å²) >= 11 is 4.52. The van der Waals surface area contributed by atoms with Crippen LogP contribution in [0.4, 0.5) is 10.5 Å². The number of carbonyl (C=O) groups is 4. The minimum Gasteiger partial charge on any atom is -0.496 e. The van der Waals surface area contributed by atoms with E-state index in [9.17, 15) is 24.3 Å². The minimum absolute atomic E-state index is 0.0583. The molecule has 0 radical (unpaired) electrons. The van der Waals surface area contributed by atoms with Crippen molar-refractivity contribution in [3.05, 3.63) is 47.1 Å². The molecule has 3 aliphatic rings. The number of esters is 1. The van der Waals surface area contributed by atoms with Gasteiger partial charge in [-0.1, -0.05) is 51.5 Å². The largest absolute Gasteiger partial charge is 0.496 e. The summed E-state index contributed by atoms with van der Waals surface area (Å²) in [6.07, 6.45) is 1.77. The Morgan fingerprint density at radius 3 is 2.46 bits per heavy atom. The number of hydrogen-bond donors (Lipinski definition) is 3. The van der Waals surface area contributed by atoms with E-state index < -0.39 is 59.3 Å². The predicted octanol–water partition coefficient (Wildman–Crippen LogP) is 5.05. The number of anilines is 1. The van der Waals surface area contributed by atoms with Crippen molar-refractivity contribution < 1.29 is 48.0 Å². The SMILES string of the molecule is COc1cc2cc(c1C)N(C)C(=O)CC(OC(=O)C(C)N(C)C(=O)CCC(C)(C)S)C1(C)OC1C(C)(C)C1CC(O)(NC(=O)O1)C(OC)/C=C/C=C(\C)C2. The maximum atomic E-state index is 14.3. The van der Waals surface area contributed by atoms with E-state index in [2.05, 4.69) is 17.9 Å². The van der Waals surface area contributed by atoms with Crippen LogP contribution in [0.25, 0.3) is 0 Å². The lowest BCUT2D eigenvalue weighted by atomic mass is 9.73. The van der Waals surface area contributed by atoms with Gasteiger partial charge in [-0.25, -0.2) is 9.59 Å². The van der Waals surface area contributed by atoms with E-state index >= 15 is 0 Å². The summed E-state index contributed by atoms with van der Waals surface area (Å²) in [6.45, 7) is 14.7. The number of amides is 3. The van der Waals surface area contributed by atoms with Crippen molar-refractivity contribution in [2.45, 2.75) is 134 Å². The molecule has 4 rings (SSSR count). The smallest absolute Gasteiger partial charge is 0.409 e. The van der Waals surface area contributed by atoms with Crippen LogP contribution in [0.2, 0.25) is 0 Å². The highest BCUT2D eigenvalue weighted by atomic mass is 32.1. The van der Waals surface area contributed by atoms with E-state index in [4.69, 9.17) is 23.7 Å². The van der Waals surface area contributed by atoms with Crippen molar-refractivity contribution in [3.8, 4) is 5.75 Å². The van der Waals surface area contributed by atoms with E-state index in [1.54, 1.807) is 47.2 Å². The van der Waals surface area contributed by atoms with Crippen LogP contribution < -0.4 is 15.0 Å². The number of aliphatic hydroxyl groups is 1. The van der Waals surface area contributed by atoms with Gasteiger partial charge >= 0.3 is 12.1 Å². The summed E-state index contributed by atoms with van der Waals surface area (Å²) in [5, 5.41) is 14.4. The van der Waals surface area contributed by atoms with Crippen LogP contribution in [-0.4, -0.2) is 109 Å². The van der Waals surface area contributed by atoms with Crippen LogP contribution in [0.3, 0.4) is 0 Å². The standard InChI is InChI=1S/C40H59N3O10S/c1-23-14-13-15-29(50-12)40(48)22-31(52-36(47)41-40)38(6,7)35-39(8,53-35)30(51-34(46)25(3)42(9)32(44)16-17-37(4,5)54)21-33(45)43(10)27-19-26(18-23)20-28(49-11)24(27)2/h13-15,19-20,25,29-31,35,48,54H,16-18,21-22H2,1-12H3,(H,41,47)/b15-13+,23-14+. The van der Waals surface area contributed by atoms with E-state index in [0.717, 1.165) is 16.7 Å². The summed E-state index contributed by atoms with van der Waals surface area (Å²) in [5.41, 5.74) is -0.785. The molecular formula is C40H59N3O10S. The maximum absolute atomic E-state index is 14.3. The fourth-order valence-corrected chi connectivity index (χ4v) is 7.47. The zero-order chi connectivity index (χ0) is 40.6. The van der Waals surface area contributed by atoms with Gasteiger partial charge in [-0.2, -0.15) is 12.6 Å². The minimum atomic E-state index is -1.84. The molecule has 7 atom stereocenters. The topological polar surface area (TPSA) is 156 Å². The highest BCUT2D eigenvalue weighted by molar-refractivity contribution is 7.81. The summed E-state index contributed by atoms with van der Waals surface area (Å²) < 4.78 is 29.4. The summed E-state index contributed by atoms with van der Waals surface area (Å²) in [4.78, 5) is 57.1. The number of likely N-dealkylation sites (N-methyl/N-ethyl adjacent to an activating group) is 1. The lowest BCUT2D eigenvalue weighted by molar-refractivity contribution is -0.162. The first kappa shape index (κ1) is 43.1. The van der Waals surface area contributed by atoms with Crippen LogP contribution >= 0.6 is 12.6 Å². The number of benzene rings is 1. The Bertz CT molecular complexity index is 1670. The molecule has 1 aromatic rings. The molecule has 3 heterocycles. The normalized spacial score (nSPS) is 30.8. The van der Waals surface area contributed by atoms with Gasteiger partial charge in [0.15, 0.2) is 5.72 Å². The van der Waals surface area contributed by atoms with Gasteiger partial charge in [-0.15, -0.1) is 0 Å². The third-order valence-electron chi connectivity index (χ3n) is 11.2. The molecule has 2 saturated heterocycles. The summed E-state index contributed by atoms with van der Waals surface area (Å²) in [5.74, 6) is -0.700. The van der Waals surface area contributed by atoms with Crippen LogP contribution in [0.5, 0.6) is 5.75 Å². The molecule has 54 heavy (non-hydrogen) atoms. The van der Waals surface area contributed by atoms with Crippen molar-refractivity contribution in [1.82, 2.24) is 10.2 Å². The Morgan fingerprint density at radius 1 is 1.19 bits per heavy atom. The molecule has 0 spiro atoms. The molecule has 0 saturated carbocycles. The van der Waals surface area contributed by atoms with Crippen LogP contribution in [-0.2, 0) is 39.8 Å². The van der Waals surface area contributed by atoms with Gasteiger partial charge in [0.2, 0.25) is 11.8 Å². The van der Waals surface area contributed by atoms with Gasteiger partial charge in [0.05, 0.1) is 25.3 Å². The predicted molar refractivity (Wildman–Crippen MR) is 208 cm³/mol. The molecule has 3 aliphatic heterocycles. The van der Waals surface area contributed by atoms with Crippen molar-refractivity contribution in [1.29, 1.82) is 0 Å². The van der Waals surface area contributed by atoms with Crippen LogP contribution in [0.15, 0.2) is 35.9 Å². The third-order valence-corrected chi connectivity index (χ3v) is 11.4. The monoisotopic (exact) mass is 773 g/mol. The van der Waals surface area contributed by atoms with Gasteiger partial charge in [0.25, 0.3) is 0 Å². The molecule has 14 heteroatoms. The lowest BCUT2D eigenvalue weighted by Gasteiger charge is -2.45. The number of hydrogen-bond acceptors (Lipinski definition) is 11. The molecule has 0 aliphatic carbocycles. The second kappa shape index (κ2) is 16.3. The zero-order valence-electron chi connectivity index (χ0n) is 33.8. The van der Waals surface area contributed by atoms with Crippen molar-refractivity contribution in [3.63, 3.8) is 0 Å². The number of nitrogens with zero attached hydrogens (tertiary/aromatic N) is 2. The Kier molecular flexibility index (Phi) is 13.0. The summed E-state index contributed by atoms with van der Waals surface area (Å²) in [6, 6.07) is 2.88. The third kappa shape index (κ3) is 9.43. The molecule has 300 valence electrons. The average Bonchev–Trinajstić information content (AvgIpc) is 3.80. The van der Waals surface area contributed by atoms with E-state index in [1.807, 2.05) is 59.8 Å². The Morgan fingerprint density at radius 2 is 1.85 bits per heavy atom. The summed E-state index contributed by atoms with van der Waals surface area (Å²) in [7, 11) is 6.23. The molecule has 0 aromatic heterocycles. The van der Waals surface area contributed by atoms with E-state index in [1.165, 1.54) is 16.9 Å².